The van der Waals surface area contributed by atoms with Crippen LogP contribution in [0.2, 0.25) is 0 Å². The highest BCUT2D eigenvalue weighted by molar-refractivity contribution is 7.98. The topological polar surface area (TPSA) is 53.5 Å². The van der Waals surface area contributed by atoms with Crippen LogP contribution in [0.5, 0.6) is 0 Å². The van der Waals surface area contributed by atoms with Crippen molar-refractivity contribution in [3.8, 4) is 0 Å². The summed E-state index contributed by atoms with van der Waals surface area (Å²) in [6, 6.07) is 6.47. The second kappa shape index (κ2) is 9.33. The number of aryl methyl sites for hydroxylation is 1. The molecule has 0 aromatic heterocycles. The molecular weight excluding hydrogens is 326 g/mol. The minimum Gasteiger partial charge on any atom is -0.355 e. The van der Waals surface area contributed by atoms with E-state index in [1.807, 2.05) is 20.8 Å². The Morgan fingerprint density at radius 2 is 2.00 bits per heavy atom. The quantitative estimate of drug-likeness (QED) is 0.468. The third kappa shape index (κ3) is 6.96. The van der Waals surface area contributed by atoms with Gasteiger partial charge < -0.3 is 10.6 Å². The zero-order valence-electron chi connectivity index (χ0n) is 15.0. The largest absolute Gasteiger partial charge is 0.355 e. The van der Waals surface area contributed by atoms with Crippen molar-refractivity contribution in [1.29, 1.82) is 0 Å². The van der Waals surface area contributed by atoms with Gasteiger partial charge in [0, 0.05) is 46.3 Å². The van der Waals surface area contributed by atoms with Crippen molar-refractivity contribution in [2.75, 3.05) is 25.6 Å². The molecule has 0 saturated heterocycles. The predicted molar refractivity (Wildman–Crippen MR) is 104 cm³/mol. The Labute approximate surface area is 147 Å². The fourth-order valence-corrected chi connectivity index (χ4v) is 3.57. The monoisotopic (exact) mass is 355 g/mol. The first-order valence-electron chi connectivity index (χ1n) is 7.74. The number of hydrogen-bond acceptors (Lipinski definition) is 3. The van der Waals surface area contributed by atoms with Gasteiger partial charge in [-0.1, -0.05) is 12.1 Å². The Balaban J connectivity index is 2.51. The summed E-state index contributed by atoms with van der Waals surface area (Å²) in [6.45, 7) is 9.46. The van der Waals surface area contributed by atoms with Crippen LogP contribution >= 0.6 is 11.8 Å². The molecule has 1 unspecified atom stereocenters. The van der Waals surface area contributed by atoms with E-state index in [0.717, 1.165) is 12.5 Å². The molecule has 23 heavy (non-hydrogen) atoms. The SMILES string of the molecule is CN=C(NCCS(=O)C(C)(C)C)NCc1ccc(C)cc1SC. The lowest BCUT2D eigenvalue weighted by atomic mass is 10.1. The first-order valence-corrected chi connectivity index (χ1v) is 10.3. The molecule has 0 spiro atoms. The molecule has 1 atom stereocenters. The van der Waals surface area contributed by atoms with Crippen molar-refractivity contribution < 1.29 is 4.21 Å². The first-order chi connectivity index (χ1) is 10.8. The summed E-state index contributed by atoms with van der Waals surface area (Å²) < 4.78 is 11.9. The third-order valence-electron chi connectivity index (χ3n) is 3.38. The van der Waals surface area contributed by atoms with Gasteiger partial charge in [-0.15, -0.1) is 11.8 Å². The number of hydrogen-bond donors (Lipinski definition) is 2. The Kier molecular flexibility index (Phi) is 8.12. The highest BCUT2D eigenvalue weighted by Crippen LogP contribution is 2.21. The Morgan fingerprint density at radius 3 is 2.57 bits per heavy atom. The Morgan fingerprint density at radius 1 is 1.30 bits per heavy atom. The number of nitrogens with zero attached hydrogens (tertiary/aromatic N) is 1. The van der Waals surface area contributed by atoms with Crippen LogP contribution in [0, 0.1) is 6.92 Å². The minimum atomic E-state index is -0.852. The smallest absolute Gasteiger partial charge is 0.191 e. The summed E-state index contributed by atoms with van der Waals surface area (Å²) in [5, 5.41) is 6.55. The second-order valence-electron chi connectivity index (χ2n) is 6.33. The lowest BCUT2D eigenvalue weighted by Gasteiger charge is -2.18. The Bertz CT molecular complexity index is 565. The van der Waals surface area contributed by atoms with Gasteiger partial charge in [0.25, 0.3) is 0 Å². The lowest BCUT2D eigenvalue weighted by molar-refractivity contribution is 0.647. The van der Waals surface area contributed by atoms with Crippen LogP contribution in [0.4, 0.5) is 0 Å². The van der Waals surface area contributed by atoms with Gasteiger partial charge in [0.2, 0.25) is 0 Å². The molecule has 0 heterocycles. The van der Waals surface area contributed by atoms with Gasteiger partial charge in [-0.3, -0.25) is 9.20 Å². The third-order valence-corrected chi connectivity index (χ3v) is 6.14. The van der Waals surface area contributed by atoms with Gasteiger partial charge in [-0.2, -0.15) is 0 Å². The van der Waals surface area contributed by atoms with E-state index in [1.54, 1.807) is 18.8 Å². The fourth-order valence-electron chi connectivity index (χ4n) is 1.97. The molecule has 0 saturated carbocycles. The van der Waals surface area contributed by atoms with Gasteiger partial charge in [0.15, 0.2) is 5.96 Å². The molecule has 1 aromatic carbocycles. The van der Waals surface area contributed by atoms with Gasteiger partial charge in [0.05, 0.1) is 0 Å². The zero-order valence-corrected chi connectivity index (χ0v) is 16.7. The van der Waals surface area contributed by atoms with Crippen molar-refractivity contribution in [1.82, 2.24) is 10.6 Å². The van der Waals surface area contributed by atoms with Crippen molar-refractivity contribution in [2.24, 2.45) is 4.99 Å². The summed E-state index contributed by atoms with van der Waals surface area (Å²) in [4.78, 5) is 5.50. The fraction of sp³-hybridized carbons (Fsp3) is 0.588. The molecule has 1 aromatic rings. The van der Waals surface area contributed by atoms with E-state index in [0.29, 0.717) is 12.3 Å². The van der Waals surface area contributed by atoms with E-state index in [1.165, 1.54) is 16.0 Å². The summed E-state index contributed by atoms with van der Waals surface area (Å²) in [5.41, 5.74) is 2.52. The molecule has 0 aliphatic carbocycles. The summed E-state index contributed by atoms with van der Waals surface area (Å²) >= 11 is 1.75. The summed E-state index contributed by atoms with van der Waals surface area (Å²) in [5.74, 6) is 1.36. The molecule has 130 valence electrons. The van der Waals surface area contributed by atoms with E-state index in [4.69, 9.17) is 0 Å². The van der Waals surface area contributed by atoms with Crippen molar-refractivity contribution >= 4 is 28.5 Å². The Hall–Kier alpha value is -1.01. The van der Waals surface area contributed by atoms with Crippen LogP contribution in [-0.2, 0) is 17.3 Å². The van der Waals surface area contributed by atoms with E-state index in [2.05, 4.69) is 47.0 Å². The maximum absolute atomic E-state index is 12.0. The summed E-state index contributed by atoms with van der Waals surface area (Å²) in [6.07, 6.45) is 2.09. The number of guanidine groups is 1. The molecule has 2 N–H and O–H groups in total. The normalized spacial score (nSPS) is 13.7. The van der Waals surface area contributed by atoms with Crippen LogP contribution in [0.25, 0.3) is 0 Å². The van der Waals surface area contributed by atoms with Crippen molar-refractivity contribution in [3.63, 3.8) is 0 Å². The van der Waals surface area contributed by atoms with Crippen LogP contribution < -0.4 is 10.6 Å². The standard InChI is InChI=1S/C17H29N3OS2/c1-13-7-8-14(15(11-13)22-6)12-20-16(18-5)19-9-10-23(21)17(2,3)4/h7-8,11H,9-10,12H2,1-6H3,(H2,18,19,20). The van der Waals surface area contributed by atoms with E-state index >= 15 is 0 Å². The molecule has 1 rings (SSSR count). The molecule has 4 nitrogen and oxygen atoms in total. The number of benzene rings is 1. The lowest BCUT2D eigenvalue weighted by Crippen LogP contribution is -2.40. The van der Waals surface area contributed by atoms with Crippen molar-refractivity contribution in [3.05, 3.63) is 29.3 Å². The second-order valence-corrected chi connectivity index (χ2v) is 9.50. The zero-order chi connectivity index (χ0) is 17.5. The van der Waals surface area contributed by atoms with E-state index in [9.17, 15) is 4.21 Å². The van der Waals surface area contributed by atoms with Crippen LogP contribution in [-0.4, -0.2) is 40.5 Å². The number of nitrogens with one attached hydrogen (secondary N) is 2. The predicted octanol–water partition coefficient (Wildman–Crippen LogP) is 2.93. The first kappa shape index (κ1) is 20.0. The molecular formula is C17H29N3OS2. The number of aliphatic imine (C=N–C) groups is 1. The number of rotatable bonds is 6. The van der Waals surface area contributed by atoms with Crippen LogP contribution in [0.1, 0.15) is 31.9 Å². The van der Waals surface area contributed by atoms with Gasteiger partial charge in [0.1, 0.15) is 0 Å². The highest BCUT2D eigenvalue weighted by atomic mass is 32.2. The molecule has 0 radical (unpaired) electrons. The average molecular weight is 356 g/mol. The van der Waals surface area contributed by atoms with Crippen molar-refractivity contribution in [2.45, 2.75) is 43.9 Å². The maximum atomic E-state index is 12.0. The number of thioether (sulfide) groups is 1. The van der Waals surface area contributed by atoms with Gasteiger partial charge >= 0.3 is 0 Å². The molecule has 0 bridgehead atoms. The van der Waals surface area contributed by atoms with Gasteiger partial charge in [-0.25, -0.2) is 0 Å². The minimum absolute atomic E-state index is 0.173. The molecule has 0 amide bonds. The van der Waals surface area contributed by atoms with Crippen LogP contribution in [0.3, 0.4) is 0 Å². The molecule has 0 aliphatic heterocycles. The van der Waals surface area contributed by atoms with Crippen LogP contribution in [0.15, 0.2) is 28.1 Å². The molecule has 0 aliphatic rings. The van der Waals surface area contributed by atoms with E-state index in [-0.39, 0.29) is 4.75 Å². The summed E-state index contributed by atoms with van der Waals surface area (Å²) in [7, 11) is 0.899. The maximum Gasteiger partial charge on any atom is 0.191 e. The molecule has 6 heteroatoms. The highest BCUT2D eigenvalue weighted by Gasteiger charge is 2.18. The molecule has 0 fully saturated rings. The van der Waals surface area contributed by atoms with Gasteiger partial charge in [-0.05, 0) is 51.1 Å². The average Bonchev–Trinajstić information content (AvgIpc) is 2.50. The van der Waals surface area contributed by atoms with E-state index < -0.39 is 10.8 Å².